The number of carbonyl (C=O) groups is 1. The predicted octanol–water partition coefficient (Wildman–Crippen LogP) is 1.55. The number of nitrogens with two attached hydrogens (primary N) is 1. The van der Waals surface area contributed by atoms with Crippen molar-refractivity contribution in [3.05, 3.63) is 42.0 Å². The summed E-state index contributed by atoms with van der Waals surface area (Å²) in [6.07, 6.45) is 4.17. The van der Waals surface area contributed by atoms with E-state index in [9.17, 15) is 4.79 Å². The lowest BCUT2D eigenvalue weighted by molar-refractivity contribution is -0.117. The zero-order valence-electron chi connectivity index (χ0n) is 9.52. The van der Waals surface area contributed by atoms with E-state index in [0.29, 0.717) is 6.54 Å². The maximum Gasteiger partial charge on any atom is 0.244 e. The van der Waals surface area contributed by atoms with Crippen molar-refractivity contribution in [1.29, 1.82) is 0 Å². The quantitative estimate of drug-likeness (QED) is 0.737. The van der Waals surface area contributed by atoms with Crippen LogP contribution in [0.4, 0.5) is 0 Å². The number of hydrogen-bond donors (Lipinski definition) is 2. The molecule has 1 aromatic rings. The molecule has 0 aliphatic carbocycles. The summed E-state index contributed by atoms with van der Waals surface area (Å²) in [5, 5.41) is 2.84. The van der Waals surface area contributed by atoms with Gasteiger partial charge in [0.2, 0.25) is 5.91 Å². The molecule has 1 unspecified atom stereocenters. The van der Waals surface area contributed by atoms with Crippen LogP contribution in [0.5, 0.6) is 0 Å². The van der Waals surface area contributed by atoms with Crippen molar-refractivity contribution in [2.45, 2.75) is 19.4 Å². The molecule has 0 bridgehead atoms. The topological polar surface area (TPSA) is 55.1 Å². The molecule has 0 aliphatic heterocycles. The van der Waals surface area contributed by atoms with E-state index in [1.807, 2.05) is 37.3 Å². The molecule has 1 aromatic carbocycles. The molecule has 0 saturated carbocycles. The van der Waals surface area contributed by atoms with Crippen LogP contribution in [0.2, 0.25) is 0 Å². The highest BCUT2D eigenvalue weighted by Crippen LogP contribution is 2.00. The Morgan fingerprint density at radius 1 is 1.44 bits per heavy atom. The molecule has 3 heteroatoms. The normalized spacial score (nSPS) is 12.6. The molecule has 0 aliphatic rings. The number of carbonyl (C=O) groups excluding carboxylic acids is 1. The van der Waals surface area contributed by atoms with Crippen LogP contribution in [-0.4, -0.2) is 18.5 Å². The summed E-state index contributed by atoms with van der Waals surface area (Å²) in [7, 11) is 0. The van der Waals surface area contributed by atoms with Gasteiger partial charge in [-0.25, -0.2) is 0 Å². The molecule has 1 amide bonds. The largest absolute Gasteiger partial charge is 0.349 e. The maximum atomic E-state index is 11.5. The third kappa shape index (κ3) is 4.28. The third-order valence-corrected chi connectivity index (χ3v) is 2.35. The van der Waals surface area contributed by atoms with Gasteiger partial charge in [-0.2, -0.15) is 0 Å². The predicted molar refractivity (Wildman–Crippen MR) is 66.8 cm³/mol. The average molecular weight is 218 g/mol. The summed E-state index contributed by atoms with van der Waals surface area (Å²) in [6.45, 7) is 2.47. The van der Waals surface area contributed by atoms with Crippen molar-refractivity contribution in [2.75, 3.05) is 6.54 Å². The van der Waals surface area contributed by atoms with Gasteiger partial charge in [0.25, 0.3) is 0 Å². The highest BCUT2D eigenvalue weighted by Gasteiger charge is 2.04. The first-order valence-electron chi connectivity index (χ1n) is 5.50. The van der Waals surface area contributed by atoms with Gasteiger partial charge in [-0.1, -0.05) is 37.3 Å². The second-order valence-corrected chi connectivity index (χ2v) is 3.59. The van der Waals surface area contributed by atoms with Crippen molar-refractivity contribution in [1.82, 2.24) is 5.32 Å². The molecule has 3 N–H and O–H groups in total. The molecule has 0 saturated heterocycles. The van der Waals surface area contributed by atoms with Gasteiger partial charge in [0.15, 0.2) is 0 Å². The van der Waals surface area contributed by atoms with Gasteiger partial charge in [-0.3, -0.25) is 4.79 Å². The molecule has 16 heavy (non-hydrogen) atoms. The minimum absolute atomic E-state index is 0.0629. The lowest BCUT2D eigenvalue weighted by Crippen LogP contribution is -2.38. The first-order valence-corrected chi connectivity index (χ1v) is 5.50. The summed E-state index contributed by atoms with van der Waals surface area (Å²) < 4.78 is 0. The number of amides is 1. The molecule has 0 aromatic heterocycles. The monoisotopic (exact) mass is 218 g/mol. The molecule has 86 valence electrons. The van der Waals surface area contributed by atoms with E-state index in [0.717, 1.165) is 12.0 Å². The third-order valence-electron chi connectivity index (χ3n) is 2.35. The smallest absolute Gasteiger partial charge is 0.244 e. The van der Waals surface area contributed by atoms with Crippen LogP contribution in [0.25, 0.3) is 6.08 Å². The number of benzene rings is 1. The van der Waals surface area contributed by atoms with Gasteiger partial charge in [-0.05, 0) is 18.1 Å². The standard InChI is InChI=1S/C13H18N2O/c1-2-12(10-14)15-13(16)9-8-11-6-4-3-5-7-11/h3-9,12H,2,10,14H2,1H3,(H,15,16). The van der Waals surface area contributed by atoms with Gasteiger partial charge in [0.05, 0.1) is 0 Å². The highest BCUT2D eigenvalue weighted by atomic mass is 16.1. The number of hydrogen-bond acceptors (Lipinski definition) is 2. The van der Waals surface area contributed by atoms with Gasteiger partial charge in [0, 0.05) is 18.7 Å². The van der Waals surface area contributed by atoms with E-state index in [4.69, 9.17) is 5.73 Å². The van der Waals surface area contributed by atoms with E-state index in [1.54, 1.807) is 6.08 Å². The second-order valence-electron chi connectivity index (χ2n) is 3.59. The number of rotatable bonds is 5. The van der Waals surface area contributed by atoms with Crippen LogP contribution < -0.4 is 11.1 Å². The van der Waals surface area contributed by atoms with Crippen LogP contribution in [-0.2, 0) is 4.79 Å². The molecule has 1 rings (SSSR count). The van der Waals surface area contributed by atoms with Crippen molar-refractivity contribution in [3.63, 3.8) is 0 Å². The Labute approximate surface area is 96.3 Å². The van der Waals surface area contributed by atoms with Crippen molar-refractivity contribution >= 4 is 12.0 Å². The second kappa shape index (κ2) is 6.80. The van der Waals surface area contributed by atoms with E-state index in [2.05, 4.69) is 5.32 Å². The van der Waals surface area contributed by atoms with E-state index >= 15 is 0 Å². The first-order chi connectivity index (χ1) is 7.76. The van der Waals surface area contributed by atoms with E-state index in [1.165, 1.54) is 6.08 Å². The van der Waals surface area contributed by atoms with E-state index < -0.39 is 0 Å². The molecule has 0 spiro atoms. The van der Waals surface area contributed by atoms with Gasteiger partial charge < -0.3 is 11.1 Å². The molecular weight excluding hydrogens is 200 g/mol. The summed E-state index contributed by atoms with van der Waals surface area (Å²) >= 11 is 0. The SMILES string of the molecule is CCC(CN)NC(=O)C=Cc1ccccc1. The minimum Gasteiger partial charge on any atom is -0.349 e. The molecule has 3 nitrogen and oxygen atoms in total. The lowest BCUT2D eigenvalue weighted by Gasteiger charge is -2.12. The van der Waals surface area contributed by atoms with E-state index in [-0.39, 0.29) is 11.9 Å². The summed E-state index contributed by atoms with van der Waals surface area (Å²) in [4.78, 5) is 11.5. The zero-order valence-corrected chi connectivity index (χ0v) is 9.52. The lowest BCUT2D eigenvalue weighted by atomic mass is 10.2. The minimum atomic E-state index is -0.0962. The fourth-order valence-corrected chi connectivity index (χ4v) is 1.31. The molecule has 1 atom stereocenters. The summed E-state index contributed by atoms with van der Waals surface area (Å²) in [6, 6.07) is 9.78. The van der Waals surface area contributed by atoms with Gasteiger partial charge in [-0.15, -0.1) is 0 Å². The van der Waals surface area contributed by atoms with Crippen molar-refractivity contribution in [2.24, 2.45) is 5.73 Å². The maximum absolute atomic E-state index is 11.5. The Kier molecular flexibility index (Phi) is 5.29. The van der Waals surface area contributed by atoms with Crippen LogP contribution in [0, 0.1) is 0 Å². The summed E-state index contributed by atoms with van der Waals surface area (Å²) in [5.41, 5.74) is 6.51. The van der Waals surface area contributed by atoms with Crippen LogP contribution in [0.15, 0.2) is 36.4 Å². The van der Waals surface area contributed by atoms with Gasteiger partial charge >= 0.3 is 0 Å². The zero-order chi connectivity index (χ0) is 11.8. The highest BCUT2D eigenvalue weighted by molar-refractivity contribution is 5.91. The Balaban J connectivity index is 2.48. The average Bonchev–Trinajstić information content (AvgIpc) is 2.34. The van der Waals surface area contributed by atoms with Crippen molar-refractivity contribution in [3.8, 4) is 0 Å². The number of nitrogens with one attached hydrogen (secondary N) is 1. The molecule has 0 radical (unpaired) electrons. The van der Waals surface area contributed by atoms with Crippen LogP contribution >= 0.6 is 0 Å². The Hall–Kier alpha value is -1.61. The summed E-state index contributed by atoms with van der Waals surface area (Å²) in [5.74, 6) is -0.0962. The Morgan fingerprint density at radius 3 is 2.69 bits per heavy atom. The first kappa shape index (κ1) is 12.5. The van der Waals surface area contributed by atoms with Crippen LogP contribution in [0.3, 0.4) is 0 Å². The fraction of sp³-hybridized carbons (Fsp3) is 0.308. The van der Waals surface area contributed by atoms with Crippen molar-refractivity contribution < 1.29 is 4.79 Å². The van der Waals surface area contributed by atoms with Crippen LogP contribution in [0.1, 0.15) is 18.9 Å². The molecule has 0 fully saturated rings. The fourth-order valence-electron chi connectivity index (χ4n) is 1.31. The Morgan fingerprint density at radius 2 is 2.12 bits per heavy atom. The molecular formula is C13H18N2O. The van der Waals surface area contributed by atoms with Gasteiger partial charge in [0.1, 0.15) is 0 Å². The molecule has 0 heterocycles. The Bertz CT molecular complexity index is 342.